The second-order valence-corrected chi connectivity index (χ2v) is 3.98. The molecule has 0 amide bonds. The molecular formula is C13H18O2. The number of cyclic esters (lactones) is 1. The molecule has 1 aromatic rings. The van der Waals surface area contributed by atoms with Crippen LogP contribution in [0.5, 0.6) is 0 Å². The van der Waals surface area contributed by atoms with E-state index in [9.17, 15) is 4.79 Å². The molecule has 0 N–H and O–H groups in total. The Labute approximate surface area is 91.3 Å². The van der Waals surface area contributed by atoms with Gasteiger partial charge in [-0.2, -0.15) is 0 Å². The first-order valence-electron chi connectivity index (χ1n) is 5.40. The average Bonchev–Trinajstić information content (AvgIpc) is 2.19. The van der Waals surface area contributed by atoms with Gasteiger partial charge in [0, 0.05) is 6.42 Å². The molecule has 0 aliphatic carbocycles. The lowest BCUT2D eigenvalue weighted by atomic mass is 9.92. The molecule has 2 rings (SSSR count). The minimum Gasteiger partial charge on any atom is -0.456 e. The van der Waals surface area contributed by atoms with E-state index >= 15 is 0 Å². The maximum Gasteiger partial charge on any atom is 0.338 e. The zero-order valence-electron chi connectivity index (χ0n) is 9.83. The van der Waals surface area contributed by atoms with Gasteiger partial charge in [-0.1, -0.05) is 32.0 Å². The molecule has 2 heteroatoms. The molecule has 0 saturated carbocycles. The van der Waals surface area contributed by atoms with Crippen LogP contribution < -0.4 is 0 Å². The average molecular weight is 206 g/mol. The highest BCUT2D eigenvalue weighted by Crippen LogP contribution is 2.26. The minimum atomic E-state index is -0.356. The lowest BCUT2D eigenvalue weighted by Crippen LogP contribution is -2.35. The Hall–Kier alpha value is -1.31. The summed E-state index contributed by atoms with van der Waals surface area (Å²) >= 11 is 0. The van der Waals surface area contributed by atoms with Gasteiger partial charge in [0.05, 0.1) is 5.56 Å². The summed E-state index contributed by atoms with van der Waals surface area (Å²) in [6.45, 7) is 7.86. The van der Waals surface area contributed by atoms with Gasteiger partial charge in [0.15, 0.2) is 0 Å². The van der Waals surface area contributed by atoms with E-state index in [2.05, 4.69) is 0 Å². The summed E-state index contributed by atoms with van der Waals surface area (Å²) in [6, 6.07) is 7.61. The molecule has 1 aliphatic rings. The highest BCUT2D eigenvalue weighted by Gasteiger charge is 2.31. The monoisotopic (exact) mass is 206 g/mol. The van der Waals surface area contributed by atoms with Gasteiger partial charge in [-0.25, -0.2) is 4.79 Å². The number of benzene rings is 1. The largest absolute Gasteiger partial charge is 0.456 e. The first-order chi connectivity index (χ1) is 7.08. The lowest BCUT2D eigenvalue weighted by Gasteiger charge is -2.30. The van der Waals surface area contributed by atoms with Crippen molar-refractivity contribution in [1.82, 2.24) is 0 Å². The predicted octanol–water partition coefficient (Wildman–Crippen LogP) is 3.20. The van der Waals surface area contributed by atoms with Crippen molar-refractivity contribution in [2.45, 2.75) is 39.7 Å². The van der Waals surface area contributed by atoms with Crippen molar-refractivity contribution in [3.63, 3.8) is 0 Å². The second kappa shape index (κ2) is 4.47. The highest BCUT2D eigenvalue weighted by molar-refractivity contribution is 5.92. The van der Waals surface area contributed by atoms with Crippen LogP contribution in [0, 0.1) is 0 Å². The third-order valence-electron chi connectivity index (χ3n) is 2.22. The Balaban J connectivity index is 0.000000531. The van der Waals surface area contributed by atoms with Crippen molar-refractivity contribution in [2.75, 3.05) is 0 Å². The molecule has 0 spiro atoms. The summed E-state index contributed by atoms with van der Waals surface area (Å²) in [5, 5.41) is 0. The van der Waals surface area contributed by atoms with E-state index in [4.69, 9.17) is 4.74 Å². The van der Waals surface area contributed by atoms with Gasteiger partial charge in [0.25, 0.3) is 0 Å². The second-order valence-electron chi connectivity index (χ2n) is 3.98. The molecule has 0 aromatic heterocycles. The fourth-order valence-corrected chi connectivity index (χ4v) is 1.67. The SMILES string of the molecule is CC.CC1(C)Cc2ccccc2C(=O)O1. The summed E-state index contributed by atoms with van der Waals surface area (Å²) in [5.41, 5.74) is 1.44. The quantitative estimate of drug-likeness (QED) is 0.609. The Morgan fingerprint density at radius 2 is 1.80 bits per heavy atom. The third-order valence-corrected chi connectivity index (χ3v) is 2.22. The van der Waals surface area contributed by atoms with Crippen LogP contribution in [0.2, 0.25) is 0 Å². The summed E-state index contributed by atoms with van der Waals surface area (Å²) in [4.78, 5) is 11.5. The molecule has 0 atom stereocenters. The zero-order chi connectivity index (χ0) is 11.5. The van der Waals surface area contributed by atoms with Crippen LogP contribution in [0.3, 0.4) is 0 Å². The van der Waals surface area contributed by atoms with E-state index in [0.717, 1.165) is 12.0 Å². The molecular weight excluding hydrogens is 188 g/mol. The molecule has 2 nitrogen and oxygen atoms in total. The van der Waals surface area contributed by atoms with Crippen LogP contribution in [-0.2, 0) is 11.2 Å². The molecule has 1 aromatic carbocycles. The van der Waals surface area contributed by atoms with Crippen molar-refractivity contribution < 1.29 is 9.53 Å². The van der Waals surface area contributed by atoms with Gasteiger partial charge >= 0.3 is 5.97 Å². The molecule has 1 heterocycles. The number of hydrogen-bond donors (Lipinski definition) is 0. The molecule has 1 aliphatic heterocycles. The topological polar surface area (TPSA) is 26.3 Å². The Kier molecular flexibility index (Phi) is 3.51. The standard InChI is InChI=1S/C11H12O2.C2H6/c1-11(2)7-8-5-3-4-6-9(8)10(12)13-11;1-2/h3-6H,7H2,1-2H3;1-2H3. The lowest BCUT2D eigenvalue weighted by molar-refractivity contribution is -0.00647. The number of fused-ring (bicyclic) bond motifs is 1. The van der Waals surface area contributed by atoms with Crippen molar-refractivity contribution in [2.24, 2.45) is 0 Å². The van der Waals surface area contributed by atoms with Crippen LogP contribution in [-0.4, -0.2) is 11.6 Å². The van der Waals surface area contributed by atoms with Crippen molar-refractivity contribution in [1.29, 1.82) is 0 Å². The molecule has 15 heavy (non-hydrogen) atoms. The van der Waals surface area contributed by atoms with E-state index < -0.39 is 0 Å². The molecule has 0 radical (unpaired) electrons. The van der Waals surface area contributed by atoms with E-state index in [0.29, 0.717) is 5.56 Å². The Morgan fingerprint density at radius 1 is 1.20 bits per heavy atom. The zero-order valence-corrected chi connectivity index (χ0v) is 9.83. The number of esters is 1. The van der Waals surface area contributed by atoms with Crippen LogP contribution in [0.4, 0.5) is 0 Å². The van der Waals surface area contributed by atoms with Crippen molar-refractivity contribution in [3.05, 3.63) is 35.4 Å². The molecule has 0 unspecified atom stereocenters. The fraction of sp³-hybridized carbons (Fsp3) is 0.462. The summed E-state index contributed by atoms with van der Waals surface area (Å²) in [5.74, 6) is -0.202. The Morgan fingerprint density at radius 3 is 2.47 bits per heavy atom. The molecule has 0 fully saturated rings. The fourth-order valence-electron chi connectivity index (χ4n) is 1.67. The van der Waals surface area contributed by atoms with Crippen LogP contribution in [0.25, 0.3) is 0 Å². The highest BCUT2D eigenvalue weighted by atomic mass is 16.6. The smallest absolute Gasteiger partial charge is 0.338 e. The van der Waals surface area contributed by atoms with Crippen LogP contribution in [0.1, 0.15) is 43.6 Å². The van der Waals surface area contributed by atoms with E-state index in [-0.39, 0.29) is 11.6 Å². The van der Waals surface area contributed by atoms with E-state index in [1.807, 2.05) is 52.0 Å². The number of carbonyl (C=O) groups excluding carboxylic acids is 1. The normalized spacial score (nSPS) is 16.9. The van der Waals surface area contributed by atoms with E-state index in [1.54, 1.807) is 0 Å². The van der Waals surface area contributed by atoms with Crippen LogP contribution >= 0.6 is 0 Å². The van der Waals surface area contributed by atoms with Crippen LogP contribution in [0.15, 0.2) is 24.3 Å². The third kappa shape index (κ3) is 2.58. The number of carbonyl (C=O) groups is 1. The molecule has 0 bridgehead atoms. The van der Waals surface area contributed by atoms with Gasteiger partial charge in [-0.3, -0.25) is 0 Å². The van der Waals surface area contributed by atoms with Crippen molar-refractivity contribution >= 4 is 5.97 Å². The molecule has 0 saturated heterocycles. The maximum atomic E-state index is 11.5. The summed E-state index contributed by atoms with van der Waals surface area (Å²) in [6.07, 6.45) is 0.801. The molecule has 82 valence electrons. The number of rotatable bonds is 0. The predicted molar refractivity (Wildman–Crippen MR) is 61.0 cm³/mol. The van der Waals surface area contributed by atoms with Crippen molar-refractivity contribution in [3.8, 4) is 0 Å². The summed E-state index contributed by atoms with van der Waals surface area (Å²) in [7, 11) is 0. The summed E-state index contributed by atoms with van der Waals surface area (Å²) < 4.78 is 5.26. The van der Waals surface area contributed by atoms with Gasteiger partial charge in [0.1, 0.15) is 5.60 Å². The Bertz CT molecular complexity index is 353. The first kappa shape index (κ1) is 11.8. The van der Waals surface area contributed by atoms with E-state index in [1.165, 1.54) is 0 Å². The maximum absolute atomic E-state index is 11.5. The number of hydrogen-bond acceptors (Lipinski definition) is 2. The first-order valence-corrected chi connectivity index (χ1v) is 5.40. The minimum absolute atomic E-state index is 0.202. The number of ether oxygens (including phenoxy) is 1. The van der Waals surface area contributed by atoms with Gasteiger partial charge in [-0.05, 0) is 25.5 Å². The van der Waals surface area contributed by atoms with Gasteiger partial charge < -0.3 is 4.74 Å². The van der Waals surface area contributed by atoms with Gasteiger partial charge in [0.2, 0.25) is 0 Å². The van der Waals surface area contributed by atoms with Gasteiger partial charge in [-0.15, -0.1) is 0 Å².